The van der Waals surface area contributed by atoms with E-state index in [0.29, 0.717) is 6.54 Å². The van der Waals surface area contributed by atoms with Gasteiger partial charge in [0.15, 0.2) is 0 Å². The average Bonchev–Trinajstić information content (AvgIpc) is 3.31. The largest absolute Gasteiger partial charge is 0.388 e. The summed E-state index contributed by atoms with van der Waals surface area (Å²) in [7, 11) is 0. The number of carbonyl (C=O) groups excluding carboxylic acids is 2. The van der Waals surface area contributed by atoms with Crippen molar-refractivity contribution in [2.45, 2.75) is 37.3 Å². The van der Waals surface area contributed by atoms with Crippen molar-refractivity contribution in [3.8, 4) is 0 Å². The number of aliphatic hydroxyl groups excluding tert-OH is 2. The van der Waals surface area contributed by atoms with E-state index in [0.717, 1.165) is 23.7 Å². The highest BCUT2D eigenvalue weighted by Crippen LogP contribution is 2.30. The van der Waals surface area contributed by atoms with Gasteiger partial charge in [0, 0.05) is 24.3 Å². The van der Waals surface area contributed by atoms with Crippen LogP contribution >= 0.6 is 11.6 Å². The van der Waals surface area contributed by atoms with Crippen molar-refractivity contribution >= 4 is 29.1 Å². The van der Waals surface area contributed by atoms with E-state index >= 15 is 0 Å². The Balaban J connectivity index is 1.34. The summed E-state index contributed by atoms with van der Waals surface area (Å²) in [6, 6.07) is 11.2. The third kappa shape index (κ3) is 4.43. The topological polar surface area (TPSA) is 99.1 Å². The molecule has 164 valence electrons. The Labute approximate surface area is 183 Å². The fourth-order valence-corrected chi connectivity index (χ4v) is 4.16. The van der Waals surface area contributed by atoms with E-state index < -0.39 is 36.1 Å². The van der Waals surface area contributed by atoms with Gasteiger partial charge in [-0.25, -0.2) is 4.39 Å². The Bertz CT molecular complexity index is 1000. The fourth-order valence-electron chi connectivity index (χ4n) is 3.98. The van der Waals surface area contributed by atoms with Crippen LogP contribution in [0.1, 0.15) is 22.3 Å². The quantitative estimate of drug-likeness (QED) is 0.646. The number of amides is 2. The summed E-state index contributed by atoms with van der Waals surface area (Å²) in [5.74, 6) is -1.36. The minimum absolute atomic E-state index is 0.0927. The molecule has 4 atom stereocenters. The van der Waals surface area contributed by atoms with Gasteiger partial charge in [0.1, 0.15) is 24.1 Å². The van der Waals surface area contributed by atoms with E-state index in [1.54, 1.807) is 4.90 Å². The van der Waals surface area contributed by atoms with Crippen molar-refractivity contribution in [2.75, 3.05) is 18.0 Å². The van der Waals surface area contributed by atoms with Crippen LogP contribution in [-0.2, 0) is 16.0 Å². The van der Waals surface area contributed by atoms with Crippen LogP contribution in [0, 0.1) is 5.82 Å². The third-order valence-corrected chi connectivity index (χ3v) is 5.96. The molecule has 0 aromatic heterocycles. The van der Waals surface area contributed by atoms with Gasteiger partial charge in [-0.1, -0.05) is 29.8 Å². The average molecular weight is 449 g/mol. The van der Waals surface area contributed by atoms with Gasteiger partial charge in [0.25, 0.3) is 5.91 Å². The van der Waals surface area contributed by atoms with E-state index in [1.807, 2.05) is 24.3 Å². The Kier molecular flexibility index (Phi) is 6.24. The van der Waals surface area contributed by atoms with Crippen LogP contribution in [0.4, 0.5) is 10.1 Å². The summed E-state index contributed by atoms with van der Waals surface area (Å²) in [6.07, 6.45) is -3.63. The van der Waals surface area contributed by atoms with Crippen molar-refractivity contribution in [1.29, 1.82) is 0 Å². The summed E-state index contributed by atoms with van der Waals surface area (Å²) in [5.41, 5.74) is 2.09. The van der Waals surface area contributed by atoms with E-state index in [-0.39, 0.29) is 29.5 Å². The number of aliphatic hydroxyl groups is 2. The SMILES string of the molecule is O=C(NC[C@H]1O[C@H](CC(=O)N2CCc3ccccc32)[C@H](O)[C@@H]1O)c1ccc(F)c(Cl)c1. The molecule has 2 aromatic rings. The number of halogens is 2. The predicted molar refractivity (Wildman–Crippen MR) is 112 cm³/mol. The maximum Gasteiger partial charge on any atom is 0.251 e. The molecule has 3 N–H and O–H groups in total. The number of rotatable bonds is 5. The zero-order valence-corrected chi connectivity index (χ0v) is 17.3. The van der Waals surface area contributed by atoms with Gasteiger partial charge in [0.05, 0.1) is 17.5 Å². The summed E-state index contributed by atoms with van der Waals surface area (Å²) in [5, 5.41) is 23.0. The van der Waals surface area contributed by atoms with Gasteiger partial charge in [-0.15, -0.1) is 0 Å². The van der Waals surface area contributed by atoms with Crippen molar-refractivity contribution in [3.63, 3.8) is 0 Å². The number of benzene rings is 2. The monoisotopic (exact) mass is 448 g/mol. The summed E-state index contributed by atoms with van der Waals surface area (Å²) in [4.78, 5) is 26.7. The Morgan fingerprint density at radius 3 is 2.68 bits per heavy atom. The number of anilines is 1. The van der Waals surface area contributed by atoms with Gasteiger partial charge in [-0.05, 0) is 36.2 Å². The van der Waals surface area contributed by atoms with Crippen LogP contribution in [0.25, 0.3) is 0 Å². The summed E-state index contributed by atoms with van der Waals surface area (Å²) in [6.45, 7) is 0.465. The van der Waals surface area contributed by atoms with Crippen LogP contribution in [0.15, 0.2) is 42.5 Å². The molecule has 0 saturated carbocycles. The molecule has 1 saturated heterocycles. The summed E-state index contributed by atoms with van der Waals surface area (Å²) >= 11 is 5.69. The van der Waals surface area contributed by atoms with Gasteiger partial charge < -0.3 is 25.2 Å². The Morgan fingerprint density at radius 1 is 1.16 bits per heavy atom. The number of nitrogens with one attached hydrogen (secondary N) is 1. The van der Waals surface area contributed by atoms with Crippen LogP contribution in [0.3, 0.4) is 0 Å². The van der Waals surface area contributed by atoms with Crippen LogP contribution in [-0.4, -0.2) is 59.5 Å². The molecule has 0 aliphatic carbocycles. The molecule has 0 unspecified atom stereocenters. The highest BCUT2D eigenvalue weighted by molar-refractivity contribution is 6.31. The first-order valence-electron chi connectivity index (χ1n) is 9.98. The Hall–Kier alpha value is -2.52. The van der Waals surface area contributed by atoms with E-state index in [4.69, 9.17) is 16.3 Å². The van der Waals surface area contributed by atoms with Gasteiger partial charge in [0.2, 0.25) is 5.91 Å². The minimum Gasteiger partial charge on any atom is -0.388 e. The molecular formula is C22H22ClFN2O5. The van der Waals surface area contributed by atoms with Crippen molar-refractivity contribution in [1.82, 2.24) is 5.32 Å². The van der Waals surface area contributed by atoms with Crippen LogP contribution < -0.4 is 10.2 Å². The maximum atomic E-state index is 13.3. The molecule has 0 spiro atoms. The third-order valence-electron chi connectivity index (χ3n) is 5.67. The minimum atomic E-state index is -1.26. The maximum absolute atomic E-state index is 13.3. The smallest absolute Gasteiger partial charge is 0.251 e. The van der Waals surface area contributed by atoms with Crippen molar-refractivity contribution in [3.05, 3.63) is 64.4 Å². The van der Waals surface area contributed by atoms with Gasteiger partial charge in [-0.3, -0.25) is 9.59 Å². The summed E-state index contributed by atoms with van der Waals surface area (Å²) < 4.78 is 18.9. The first-order chi connectivity index (χ1) is 14.8. The highest BCUT2D eigenvalue weighted by atomic mass is 35.5. The molecular weight excluding hydrogens is 427 g/mol. The van der Waals surface area contributed by atoms with Crippen LogP contribution in [0.5, 0.6) is 0 Å². The zero-order chi connectivity index (χ0) is 22.1. The molecule has 2 aliphatic rings. The number of ether oxygens (including phenoxy) is 1. The Morgan fingerprint density at radius 2 is 1.90 bits per heavy atom. The standard InChI is InChI=1S/C22H22ClFN2O5/c23-14-9-13(5-6-15(14)24)22(30)25-11-18-21(29)20(28)17(31-18)10-19(27)26-8-7-12-3-1-2-4-16(12)26/h1-6,9,17-18,20-21,28-29H,7-8,10-11H2,(H,25,30)/t17-,18-,20+,21-/m1/s1. The molecule has 2 heterocycles. The van der Waals surface area contributed by atoms with E-state index in [1.165, 1.54) is 12.1 Å². The normalized spacial score (nSPS) is 24.8. The number of fused-ring (bicyclic) bond motifs is 1. The molecule has 1 fully saturated rings. The van der Waals surface area contributed by atoms with Crippen molar-refractivity contribution in [2.24, 2.45) is 0 Å². The van der Waals surface area contributed by atoms with Crippen molar-refractivity contribution < 1.29 is 28.9 Å². The lowest BCUT2D eigenvalue weighted by atomic mass is 10.0. The van der Waals surface area contributed by atoms with E-state index in [9.17, 15) is 24.2 Å². The highest BCUT2D eigenvalue weighted by Gasteiger charge is 2.44. The zero-order valence-electron chi connectivity index (χ0n) is 16.5. The molecule has 7 nitrogen and oxygen atoms in total. The number of carbonyl (C=O) groups is 2. The molecule has 0 bridgehead atoms. The number of hydrogen-bond donors (Lipinski definition) is 3. The molecule has 2 aromatic carbocycles. The molecule has 31 heavy (non-hydrogen) atoms. The van der Waals surface area contributed by atoms with Crippen LogP contribution in [0.2, 0.25) is 5.02 Å². The molecule has 2 amide bonds. The molecule has 9 heteroatoms. The fraction of sp³-hybridized carbons (Fsp3) is 0.364. The molecule has 0 radical (unpaired) electrons. The second kappa shape index (κ2) is 8.92. The molecule has 4 rings (SSSR count). The molecule has 2 aliphatic heterocycles. The second-order valence-corrected chi connectivity index (χ2v) is 8.07. The lowest BCUT2D eigenvalue weighted by Gasteiger charge is -2.21. The lowest BCUT2D eigenvalue weighted by molar-refractivity contribution is -0.122. The second-order valence-electron chi connectivity index (χ2n) is 7.66. The lowest BCUT2D eigenvalue weighted by Crippen LogP contribution is -2.40. The predicted octanol–water partition coefficient (Wildman–Crippen LogP) is 1.68. The number of nitrogens with zero attached hydrogens (tertiary/aromatic N) is 1. The van der Waals surface area contributed by atoms with Gasteiger partial charge >= 0.3 is 0 Å². The van der Waals surface area contributed by atoms with Gasteiger partial charge in [-0.2, -0.15) is 0 Å². The number of hydrogen-bond acceptors (Lipinski definition) is 5. The first kappa shape index (κ1) is 21.7. The number of para-hydroxylation sites is 1. The first-order valence-corrected chi connectivity index (χ1v) is 10.4. The van der Waals surface area contributed by atoms with E-state index in [2.05, 4.69) is 5.32 Å².